The van der Waals surface area contributed by atoms with Gasteiger partial charge in [0.1, 0.15) is 25.8 Å². The largest absolute Gasteiger partial charge is 0.486 e. The summed E-state index contributed by atoms with van der Waals surface area (Å²) >= 11 is 6.58. The van der Waals surface area contributed by atoms with Crippen molar-refractivity contribution >= 4 is 39.1 Å². The van der Waals surface area contributed by atoms with Crippen molar-refractivity contribution in [3.63, 3.8) is 0 Å². The quantitative estimate of drug-likeness (QED) is 0.190. The molecule has 0 saturated carbocycles. The van der Waals surface area contributed by atoms with Crippen LogP contribution in [0.25, 0.3) is 0 Å². The Kier molecular flexibility index (Phi) is 11.1. The molecule has 0 aliphatic carbocycles. The molecule has 0 spiro atoms. The Labute approximate surface area is 281 Å². The Bertz CT molecular complexity index is 1790. The Balaban J connectivity index is 1.59. The van der Waals surface area contributed by atoms with Crippen LogP contribution in [0.2, 0.25) is 5.02 Å². The summed E-state index contributed by atoms with van der Waals surface area (Å²) in [6.07, 6.45) is 0.893. The predicted octanol–water partition coefficient (Wildman–Crippen LogP) is 5.86. The minimum atomic E-state index is -4.26. The van der Waals surface area contributed by atoms with E-state index in [1.807, 2.05) is 44.2 Å². The van der Waals surface area contributed by atoms with Crippen molar-refractivity contribution in [2.45, 2.75) is 50.2 Å². The fourth-order valence-electron chi connectivity index (χ4n) is 5.24. The highest BCUT2D eigenvalue weighted by atomic mass is 35.5. The summed E-state index contributed by atoms with van der Waals surface area (Å²) in [7, 11) is -4.26. The fraction of sp³-hybridized carbons (Fsp3) is 0.278. The van der Waals surface area contributed by atoms with E-state index in [1.165, 1.54) is 17.0 Å². The van der Waals surface area contributed by atoms with Gasteiger partial charge in [-0.3, -0.25) is 13.9 Å². The average Bonchev–Trinajstić information content (AvgIpc) is 3.09. The van der Waals surface area contributed by atoms with Gasteiger partial charge in [0, 0.05) is 30.1 Å². The second-order valence-corrected chi connectivity index (χ2v) is 13.6. The number of fused-ring (bicyclic) bond motifs is 1. The predicted molar refractivity (Wildman–Crippen MR) is 182 cm³/mol. The van der Waals surface area contributed by atoms with Gasteiger partial charge in [-0.1, -0.05) is 85.3 Å². The van der Waals surface area contributed by atoms with Crippen LogP contribution in [-0.4, -0.2) is 57.0 Å². The number of amides is 2. The Morgan fingerprint density at radius 3 is 2.19 bits per heavy atom. The molecule has 0 saturated heterocycles. The van der Waals surface area contributed by atoms with Crippen LogP contribution in [0.5, 0.6) is 11.5 Å². The van der Waals surface area contributed by atoms with E-state index in [9.17, 15) is 18.0 Å². The molecule has 4 aromatic rings. The first kappa shape index (κ1) is 33.8. The van der Waals surface area contributed by atoms with Crippen LogP contribution in [0.15, 0.2) is 108 Å². The smallest absolute Gasteiger partial charge is 0.264 e. The lowest BCUT2D eigenvalue weighted by atomic mass is 10.0. The molecule has 9 nitrogen and oxygen atoms in total. The van der Waals surface area contributed by atoms with Crippen LogP contribution in [0, 0.1) is 0 Å². The van der Waals surface area contributed by atoms with Crippen molar-refractivity contribution in [1.29, 1.82) is 0 Å². The molecule has 1 heterocycles. The molecule has 5 rings (SSSR count). The zero-order valence-electron chi connectivity index (χ0n) is 26.3. The number of halogens is 1. The van der Waals surface area contributed by atoms with Gasteiger partial charge >= 0.3 is 0 Å². The number of anilines is 1. The summed E-state index contributed by atoms with van der Waals surface area (Å²) in [6, 6.07) is 28.0. The van der Waals surface area contributed by atoms with E-state index < -0.39 is 28.5 Å². The van der Waals surface area contributed by atoms with E-state index in [1.54, 1.807) is 60.7 Å². The number of rotatable bonds is 13. The van der Waals surface area contributed by atoms with Gasteiger partial charge in [-0.05, 0) is 54.8 Å². The number of nitrogens with zero attached hydrogens (tertiary/aromatic N) is 2. The van der Waals surface area contributed by atoms with Gasteiger partial charge in [0.2, 0.25) is 11.8 Å². The number of hydrogen-bond acceptors (Lipinski definition) is 6. The molecule has 246 valence electrons. The molecule has 4 aromatic carbocycles. The van der Waals surface area contributed by atoms with Gasteiger partial charge in [-0.15, -0.1) is 0 Å². The number of hydrogen-bond donors (Lipinski definition) is 1. The Morgan fingerprint density at radius 2 is 1.51 bits per heavy atom. The average molecular weight is 676 g/mol. The fourth-order valence-corrected chi connectivity index (χ4v) is 6.86. The van der Waals surface area contributed by atoms with Crippen LogP contribution in [-0.2, 0) is 32.6 Å². The van der Waals surface area contributed by atoms with Gasteiger partial charge in [0.05, 0.1) is 10.6 Å². The number of ether oxygens (including phenoxy) is 2. The summed E-state index contributed by atoms with van der Waals surface area (Å²) in [5.41, 5.74) is 1.68. The number of sulfonamides is 1. The number of nitrogens with one attached hydrogen (secondary N) is 1. The van der Waals surface area contributed by atoms with Crippen molar-refractivity contribution < 1.29 is 27.5 Å². The van der Waals surface area contributed by atoms with Crippen LogP contribution in [0.3, 0.4) is 0 Å². The highest BCUT2D eigenvalue weighted by molar-refractivity contribution is 7.92. The van der Waals surface area contributed by atoms with Gasteiger partial charge in [0.25, 0.3) is 10.0 Å². The van der Waals surface area contributed by atoms with E-state index in [4.69, 9.17) is 21.1 Å². The highest BCUT2D eigenvalue weighted by Crippen LogP contribution is 2.36. The highest BCUT2D eigenvalue weighted by Gasteiger charge is 2.35. The summed E-state index contributed by atoms with van der Waals surface area (Å²) in [4.78, 5) is 30.1. The van der Waals surface area contributed by atoms with Crippen LogP contribution >= 0.6 is 11.6 Å². The first-order chi connectivity index (χ1) is 22.7. The lowest BCUT2D eigenvalue weighted by molar-refractivity contribution is -0.140. The molecule has 0 unspecified atom stereocenters. The van der Waals surface area contributed by atoms with Crippen LogP contribution < -0.4 is 19.1 Å². The molecule has 0 bridgehead atoms. The van der Waals surface area contributed by atoms with Crippen molar-refractivity contribution in [2.24, 2.45) is 0 Å². The third kappa shape index (κ3) is 8.25. The molecule has 0 fully saturated rings. The molecule has 0 radical (unpaired) electrons. The molecule has 47 heavy (non-hydrogen) atoms. The lowest BCUT2D eigenvalue weighted by Gasteiger charge is -2.34. The third-order valence-corrected chi connectivity index (χ3v) is 10.2. The molecule has 2 atom stereocenters. The van der Waals surface area contributed by atoms with E-state index in [-0.39, 0.29) is 35.5 Å². The zero-order chi connectivity index (χ0) is 33.4. The Morgan fingerprint density at radius 1 is 0.872 bits per heavy atom. The minimum absolute atomic E-state index is 0.00990. The molecule has 0 aromatic heterocycles. The summed E-state index contributed by atoms with van der Waals surface area (Å²) in [5.74, 6) is -0.0782. The number of carbonyl (C=O) groups is 2. The number of benzene rings is 4. The molecular weight excluding hydrogens is 638 g/mol. The van der Waals surface area contributed by atoms with Gasteiger partial charge in [-0.25, -0.2) is 8.42 Å². The maximum absolute atomic E-state index is 14.6. The second-order valence-electron chi connectivity index (χ2n) is 11.3. The second kappa shape index (κ2) is 15.4. The van der Waals surface area contributed by atoms with Crippen LogP contribution in [0.1, 0.15) is 31.4 Å². The SMILES string of the molecule is CC[C@@H](C)NC(=O)[C@H](Cc1ccccc1)N(Cc1ccccc1Cl)C(=O)CN(c1ccc2c(c1)OCCO2)S(=O)(=O)c1ccccc1. The van der Waals surface area contributed by atoms with E-state index in [0.717, 1.165) is 9.87 Å². The summed E-state index contributed by atoms with van der Waals surface area (Å²) in [6.45, 7) is 3.92. The van der Waals surface area contributed by atoms with E-state index in [0.29, 0.717) is 41.7 Å². The maximum atomic E-state index is 14.6. The van der Waals surface area contributed by atoms with Crippen molar-refractivity contribution in [3.05, 3.63) is 119 Å². The topological polar surface area (TPSA) is 105 Å². The van der Waals surface area contributed by atoms with Gasteiger partial charge in [-0.2, -0.15) is 0 Å². The van der Waals surface area contributed by atoms with Crippen molar-refractivity contribution in [3.8, 4) is 11.5 Å². The summed E-state index contributed by atoms with van der Waals surface area (Å²) in [5, 5.41) is 3.46. The molecular formula is C36H38ClN3O6S. The normalized spacial score (nSPS) is 13.7. The van der Waals surface area contributed by atoms with Crippen molar-refractivity contribution in [2.75, 3.05) is 24.1 Å². The van der Waals surface area contributed by atoms with Crippen LogP contribution in [0.4, 0.5) is 5.69 Å². The standard InChI is InChI=1S/C36H38ClN3O6S/c1-3-26(2)38-36(42)32(22-27-12-6-4-7-13-27)39(24-28-14-10-11-17-31(28)37)35(41)25-40(47(43,44)30-15-8-5-9-16-30)29-18-19-33-34(23-29)46-21-20-45-33/h4-19,23,26,32H,3,20-22,24-25H2,1-2H3,(H,38,42)/t26-,32+/m1/s1. The number of carbonyl (C=O) groups excluding carboxylic acids is 2. The molecule has 1 N–H and O–H groups in total. The molecule has 2 amide bonds. The zero-order valence-corrected chi connectivity index (χ0v) is 27.9. The Hall–Kier alpha value is -4.54. The molecule has 1 aliphatic rings. The minimum Gasteiger partial charge on any atom is -0.486 e. The van der Waals surface area contributed by atoms with E-state index >= 15 is 0 Å². The maximum Gasteiger partial charge on any atom is 0.264 e. The van der Waals surface area contributed by atoms with Gasteiger partial charge < -0.3 is 19.7 Å². The summed E-state index contributed by atoms with van der Waals surface area (Å²) < 4.78 is 40.9. The first-order valence-corrected chi connectivity index (χ1v) is 17.3. The van der Waals surface area contributed by atoms with Crippen molar-refractivity contribution in [1.82, 2.24) is 10.2 Å². The molecule has 11 heteroatoms. The monoisotopic (exact) mass is 675 g/mol. The lowest BCUT2D eigenvalue weighted by Crippen LogP contribution is -2.54. The molecule has 1 aliphatic heterocycles. The van der Waals surface area contributed by atoms with E-state index in [2.05, 4.69) is 5.32 Å². The van der Waals surface area contributed by atoms with Gasteiger partial charge in [0.15, 0.2) is 11.5 Å². The first-order valence-electron chi connectivity index (χ1n) is 15.5. The third-order valence-electron chi connectivity index (χ3n) is 7.99.